The van der Waals surface area contributed by atoms with Gasteiger partial charge < -0.3 is 10.2 Å². The lowest BCUT2D eigenvalue weighted by molar-refractivity contribution is -0.146. The lowest BCUT2D eigenvalue weighted by Gasteiger charge is -2.07. The molecule has 0 bridgehead atoms. The van der Waals surface area contributed by atoms with E-state index in [2.05, 4.69) is 6.92 Å². The highest BCUT2D eigenvalue weighted by Gasteiger charge is 2.21. The second-order valence-electron chi connectivity index (χ2n) is 4.28. The van der Waals surface area contributed by atoms with E-state index in [9.17, 15) is 9.90 Å². The topological polar surface area (TPSA) is 57.5 Å². The van der Waals surface area contributed by atoms with Crippen LogP contribution in [0.2, 0.25) is 0 Å². The number of fused-ring (bicyclic) bond motifs is 1. The molecule has 0 amide bonds. The van der Waals surface area contributed by atoms with Gasteiger partial charge in [-0.15, -0.1) is 0 Å². The van der Waals surface area contributed by atoms with Crippen molar-refractivity contribution in [2.24, 2.45) is 5.92 Å². The zero-order chi connectivity index (χ0) is 11.0. The van der Waals surface area contributed by atoms with Crippen LogP contribution in [0.5, 0.6) is 0 Å². The summed E-state index contributed by atoms with van der Waals surface area (Å²) in [4.78, 5) is 10.6. The molecule has 80 valence electrons. The highest BCUT2D eigenvalue weighted by atomic mass is 16.4. The van der Waals surface area contributed by atoms with Crippen LogP contribution in [0.15, 0.2) is 18.2 Å². The molecule has 0 fully saturated rings. The van der Waals surface area contributed by atoms with Crippen LogP contribution in [0.25, 0.3) is 0 Å². The van der Waals surface area contributed by atoms with E-state index in [1.165, 1.54) is 11.1 Å². The quantitative estimate of drug-likeness (QED) is 0.771. The largest absolute Gasteiger partial charge is 0.479 e. The maximum Gasteiger partial charge on any atom is 0.337 e. The first-order valence-corrected chi connectivity index (χ1v) is 5.10. The van der Waals surface area contributed by atoms with Gasteiger partial charge in [-0.3, -0.25) is 0 Å². The second kappa shape index (κ2) is 3.66. The van der Waals surface area contributed by atoms with E-state index in [1.807, 2.05) is 12.1 Å². The zero-order valence-electron chi connectivity index (χ0n) is 8.60. The summed E-state index contributed by atoms with van der Waals surface area (Å²) in [6.07, 6.45) is 0.639. The predicted octanol–water partition coefficient (Wildman–Crippen LogP) is 1.54. The van der Waals surface area contributed by atoms with Crippen LogP contribution in [0.4, 0.5) is 0 Å². The fourth-order valence-corrected chi connectivity index (χ4v) is 2.17. The van der Waals surface area contributed by atoms with Crippen LogP contribution in [-0.4, -0.2) is 16.2 Å². The number of carbonyl (C=O) groups is 1. The van der Waals surface area contributed by atoms with E-state index < -0.39 is 12.1 Å². The lowest BCUT2D eigenvalue weighted by Crippen LogP contribution is -2.10. The Bertz CT molecular complexity index is 398. The Morgan fingerprint density at radius 2 is 2.07 bits per heavy atom. The molecule has 0 radical (unpaired) electrons. The molecule has 1 aromatic carbocycles. The summed E-state index contributed by atoms with van der Waals surface area (Å²) in [5.41, 5.74) is 2.94. The molecule has 0 saturated carbocycles. The number of carboxylic acids is 1. The zero-order valence-corrected chi connectivity index (χ0v) is 8.60. The Kier molecular flexibility index (Phi) is 2.49. The molecule has 0 aliphatic heterocycles. The molecule has 0 aromatic heterocycles. The van der Waals surface area contributed by atoms with Gasteiger partial charge in [0.15, 0.2) is 6.10 Å². The molecule has 1 aliphatic rings. The van der Waals surface area contributed by atoms with E-state index in [1.54, 1.807) is 6.07 Å². The van der Waals surface area contributed by atoms with Crippen LogP contribution >= 0.6 is 0 Å². The van der Waals surface area contributed by atoms with Crippen LogP contribution < -0.4 is 0 Å². The van der Waals surface area contributed by atoms with Gasteiger partial charge in [-0.25, -0.2) is 4.79 Å². The van der Waals surface area contributed by atoms with Crippen LogP contribution in [0.1, 0.15) is 29.7 Å². The Hall–Kier alpha value is -1.35. The molecular formula is C12H14O3. The van der Waals surface area contributed by atoms with Crippen molar-refractivity contribution in [3.8, 4) is 0 Å². The number of aliphatic hydroxyl groups excluding tert-OH is 1. The van der Waals surface area contributed by atoms with Gasteiger partial charge in [0, 0.05) is 0 Å². The monoisotopic (exact) mass is 206 g/mol. The molecule has 15 heavy (non-hydrogen) atoms. The molecule has 0 heterocycles. The minimum atomic E-state index is -1.40. The van der Waals surface area contributed by atoms with Crippen LogP contribution in [-0.2, 0) is 17.6 Å². The normalized spacial score (nSPS) is 21.1. The second-order valence-corrected chi connectivity index (χ2v) is 4.28. The standard InChI is InChI=1S/C12H14O3/c1-7-4-8-2-3-9(6-10(8)5-7)11(13)12(14)15/h2-3,6-7,11,13H,4-5H2,1H3,(H,14,15). The summed E-state index contributed by atoms with van der Waals surface area (Å²) in [5.74, 6) is -0.571. The summed E-state index contributed by atoms with van der Waals surface area (Å²) in [5, 5.41) is 18.1. The first kappa shape index (κ1) is 10.2. The summed E-state index contributed by atoms with van der Waals surface area (Å²) in [6.45, 7) is 2.17. The maximum atomic E-state index is 10.6. The highest BCUT2D eigenvalue weighted by molar-refractivity contribution is 5.74. The fourth-order valence-electron chi connectivity index (χ4n) is 2.17. The molecule has 1 aliphatic carbocycles. The van der Waals surface area contributed by atoms with Gasteiger partial charge in [-0.05, 0) is 35.4 Å². The van der Waals surface area contributed by atoms with Crippen molar-refractivity contribution in [1.29, 1.82) is 0 Å². The number of rotatable bonds is 2. The maximum absolute atomic E-state index is 10.6. The van der Waals surface area contributed by atoms with Crippen molar-refractivity contribution in [2.75, 3.05) is 0 Å². The summed E-state index contributed by atoms with van der Waals surface area (Å²) in [7, 11) is 0. The van der Waals surface area contributed by atoms with E-state index >= 15 is 0 Å². The summed E-state index contributed by atoms with van der Waals surface area (Å²) >= 11 is 0. The first-order valence-electron chi connectivity index (χ1n) is 5.10. The predicted molar refractivity (Wildman–Crippen MR) is 55.6 cm³/mol. The van der Waals surface area contributed by atoms with Gasteiger partial charge >= 0.3 is 5.97 Å². The number of aliphatic carboxylic acids is 1. The number of hydrogen-bond acceptors (Lipinski definition) is 2. The molecule has 0 spiro atoms. The van der Waals surface area contributed by atoms with Crippen molar-refractivity contribution < 1.29 is 15.0 Å². The van der Waals surface area contributed by atoms with Gasteiger partial charge in [0.05, 0.1) is 0 Å². The molecular weight excluding hydrogens is 192 g/mol. The highest BCUT2D eigenvalue weighted by Crippen LogP contribution is 2.28. The molecule has 3 heteroatoms. The third kappa shape index (κ3) is 1.88. The van der Waals surface area contributed by atoms with E-state index in [4.69, 9.17) is 5.11 Å². The fraction of sp³-hybridized carbons (Fsp3) is 0.417. The number of hydrogen-bond donors (Lipinski definition) is 2. The molecule has 3 nitrogen and oxygen atoms in total. The Labute approximate surface area is 88.4 Å². The van der Waals surface area contributed by atoms with E-state index in [-0.39, 0.29) is 0 Å². The van der Waals surface area contributed by atoms with E-state index in [0.29, 0.717) is 11.5 Å². The molecule has 1 aromatic rings. The molecule has 2 unspecified atom stereocenters. The molecule has 2 rings (SSSR count). The third-order valence-corrected chi connectivity index (χ3v) is 2.92. The molecule has 2 atom stereocenters. The van der Waals surface area contributed by atoms with Crippen molar-refractivity contribution in [3.63, 3.8) is 0 Å². The van der Waals surface area contributed by atoms with Crippen LogP contribution in [0, 0.1) is 5.92 Å². The molecule has 0 saturated heterocycles. The third-order valence-electron chi connectivity index (χ3n) is 2.92. The number of aliphatic hydroxyl groups is 1. The molecule has 2 N–H and O–H groups in total. The van der Waals surface area contributed by atoms with Crippen molar-refractivity contribution in [2.45, 2.75) is 25.9 Å². The average molecular weight is 206 g/mol. The average Bonchev–Trinajstić information content (AvgIpc) is 2.55. The lowest BCUT2D eigenvalue weighted by atomic mass is 10.0. The van der Waals surface area contributed by atoms with Crippen molar-refractivity contribution >= 4 is 5.97 Å². The van der Waals surface area contributed by atoms with Crippen molar-refractivity contribution in [3.05, 3.63) is 34.9 Å². The van der Waals surface area contributed by atoms with Gasteiger partial charge in [0.2, 0.25) is 0 Å². The Morgan fingerprint density at radius 3 is 2.73 bits per heavy atom. The van der Waals surface area contributed by atoms with Gasteiger partial charge in [0.1, 0.15) is 0 Å². The SMILES string of the molecule is CC1Cc2ccc(C(O)C(=O)O)cc2C1. The Balaban J connectivity index is 2.31. The first-order chi connectivity index (χ1) is 7.08. The van der Waals surface area contributed by atoms with Crippen molar-refractivity contribution in [1.82, 2.24) is 0 Å². The minimum Gasteiger partial charge on any atom is -0.479 e. The van der Waals surface area contributed by atoms with Gasteiger partial charge in [0.25, 0.3) is 0 Å². The minimum absolute atomic E-state index is 0.482. The van der Waals surface area contributed by atoms with Crippen LogP contribution in [0.3, 0.4) is 0 Å². The summed E-state index contributed by atoms with van der Waals surface area (Å²) < 4.78 is 0. The Morgan fingerprint density at radius 1 is 1.40 bits per heavy atom. The smallest absolute Gasteiger partial charge is 0.337 e. The number of benzene rings is 1. The van der Waals surface area contributed by atoms with Gasteiger partial charge in [-0.1, -0.05) is 25.1 Å². The van der Waals surface area contributed by atoms with Gasteiger partial charge in [-0.2, -0.15) is 0 Å². The van der Waals surface area contributed by atoms with E-state index in [0.717, 1.165) is 12.8 Å². The summed E-state index contributed by atoms with van der Waals surface area (Å²) in [6, 6.07) is 5.45. The number of carboxylic acid groups (broad SMARTS) is 1.